The lowest BCUT2D eigenvalue weighted by atomic mass is 10.2. The highest BCUT2D eigenvalue weighted by atomic mass is 79.9. The molecular weight excluding hydrogens is 557 g/mol. The van der Waals surface area contributed by atoms with Gasteiger partial charge < -0.3 is 9.15 Å². The molecule has 0 bridgehead atoms. The number of carbonyl (C=O) groups is 1. The number of nitrogens with zero attached hydrogens (tertiary/aromatic N) is 3. The molecule has 0 aliphatic carbocycles. The summed E-state index contributed by atoms with van der Waals surface area (Å²) in [6.07, 6.45) is 1.45. The lowest BCUT2D eigenvalue weighted by Gasteiger charge is -2.09. The van der Waals surface area contributed by atoms with Crippen LogP contribution in [0.1, 0.15) is 12.5 Å². The largest absolute Gasteiger partial charge is 0.453 e. The molecule has 10 heteroatoms. The third kappa shape index (κ3) is 4.60. The molecule has 0 radical (unpaired) electrons. The highest BCUT2D eigenvalue weighted by molar-refractivity contribution is 9.10. The molecule has 3 aromatic carbocycles. The predicted molar refractivity (Wildman–Crippen MR) is 140 cm³/mol. The molecule has 0 unspecified atom stereocenters. The summed E-state index contributed by atoms with van der Waals surface area (Å²) in [6, 6.07) is 17.2. The smallest absolute Gasteiger partial charge is 0.308 e. The summed E-state index contributed by atoms with van der Waals surface area (Å²) in [7, 11) is 0. The van der Waals surface area contributed by atoms with Crippen LogP contribution in [-0.4, -0.2) is 21.8 Å². The SMILES string of the molecule is CC(=O)Oc1c(Cl)cc(C=Nn2c(-c3cc4cc(Cl)ccc4o3)nc3ccccc3c2=O)cc1Br. The van der Waals surface area contributed by atoms with E-state index in [0.717, 1.165) is 5.39 Å². The van der Waals surface area contributed by atoms with Gasteiger partial charge in [-0.3, -0.25) is 9.59 Å². The van der Waals surface area contributed by atoms with Crippen molar-refractivity contribution in [1.82, 2.24) is 9.66 Å². The molecule has 0 saturated carbocycles. The minimum atomic E-state index is -0.500. The Labute approximate surface area is 216 Å². The first kappa shape index (κ1) is 23.3. The van der Waals surface area contributed by atoms with E-state index in [4.69, 9.17) is 32.4 Å². The maximum Gasteiger partial charge on any atom is 0.308 e. The van der Waals surface area contributed by atoms with Crippen molar-refractivity contribution in [3.05, 3.63) is 91.1 Å². The van der Waals surface area contributed by atoms with Gasteiger partial charge in [0.2, 0.25) is 5.82 Å². The van der Waals surface area contributed by atoms with E-state index in [1.807, 2.05) is 0 Å². The van der Waals surface area contributed by atoms with Gasteiger partial charge in [0, 0.05) is 17.3 Å². The van der Waals surface area contributed by atoms with E-state index >= 15 is 0 Å². The molecule has 2 aromatic heterocycles. The minimum Gasteiger partial charge on any atom is -0.453 e. The van der Waals surface area contributed by atoms with Crippen LogP contribution in [0.3, 0.4) is 0 Å². The van der Waals surface area contributed by atoms with Crippen LogP contribution in [0.15, 0.2) is 79.4 Å². The number of ether oxygens (including phenoxy) is 1. The highest BCUT2D eigenvalue weighted by Crippen LogP contribution is 2.34. The zero-order chi connectivity index (χ0) is 24.7. The fourth-order valence-electron chi connectivity index (χ4n) is 3.53. The Hall–Kier alpha value is -3.46. The molecule has 7 nitrogen and oxygen atoms in total. The van der Waals surface area contributed by atoms with Gasteiger partial charge in [0.1, 0.15) is 5.58 Å². The minimum absolute atomic E-state index is 0.197. The number of carbonyl (C=O) groups excluding carboxylic acids is 1. The number of fused-ring (bicyclic) bond motifs is 2. The van der Waals surface area contributed by atoms with Crippen molar-refractivity contribution in [2.75, 3.05) is 0 Å². The number of esters is 1. The number of furan rings is 1. The zero-order valence-electron chi connectivity index (χ0n) is 18.0. The molecule has 0 atom stereocenters. The normalized spacial score (nSPS) is 11.5. The van der Waals surface area contributed by atoms with E-state index in [-0.39, 0.29) is 22.2 Å². The van der Waals surface area contributed by atoms with Crippen LogP contribution in [0, 0.1) is 0 Å². The first-order valence-corrected chi connectivity index (χ1v) is 11.8. The van der Waals surface area contributed by atoms with E-state index < -0.39 is 5.97 Å². The first-order chi connectivity index (χ1) is 16.8. The maximum absolute atomic E-state index is 13.4. The van der Waals surface area contributed by atoms with Gasteiger partial charge in [-0.25, -0.2) is 4.98 Å². The highest BCUT2D eigenvalue weighted by Gasteiger charge is 2.17. The Bertz CT molecular complexity index is 1700. The van der Waals surface area contributed by atoms with Crippen molar-refractivity contribution < 1.29 is 13.9 Å². The Morgan fingerprint density at radius 1 is 1.14 bits per heavy atom. The summed E-state index contributed by atoms with van der Waals surface area (Å²) in [6.45, 7) is 1.28. The van der Waals surface area contributed by atoms with Crippen molar-refractivity contribution >= 4 is 73.2 Å². The summed E-state index contributed by atoms with van der Waals surface area (Å²) in [5.41, 5.74) is 1.29. The van der Waals surface area contributed by atoms with Gasteiger partial charge in [-0.05, 0) is 70.0 Å². The predicted octanol–water partition coefficient (Wildman–Crippen LogP) is 6.69. The van der Waals surface area contributed by atoms with Gasteiger partial charge in [-0.2, -0.15) is 9.78 Å². The lowest BCUT2D eigenvalue weighted by Crippen LogP contribution is -2.20. The van der Waals surface area contributed by atoms with Crippen LogP contribution in [0.4, 0.5) is 0 Å². The number of para-hydroxylation sites is 1. The maximum atomic E-state index is 13.4. The summed E-state index contributed by atoms with van der Waals surface area (Å²) in [5.74, 6) is 0.271. The summed E-state index contributed by atoms with van der Waals surface area (Å²) < 4.78 is 12.7. The summed E-state index contributed by atoms with van der Waals surface area (Å²) >= 11 is 15.7. The summed E-state index contributed by atoms with van der Waals surface area (Å²) in [5, 5.41) is 6.34. The van der Waals surface area contributed by atoms with Crippen molar-refractivity contribution in [1.29, 1.82) is 0 Å². The first-order valence-electron chi connectivity index (χ1n) is 10.2. The molecule has 0 N–H and O–H groups in total. The fourth-order valence-corrected chi connectivity index (χ4v) is 4.65. The second-order valence-corrected chi connectivity index (χ2v) is 9.21. The van der Waals surface area contributed by atoms with Gasteiger partial charge in [0.05, 0.1) is 26.6 Å². The molecule has 5 aromatic rings. The fraction of sp³-hybridized carbons (Fsp3) is 0.0400. The lowest BCUT2D eigenvalue weighted by molar-refractivity contribution is -0.131. The molecule has 0 amide bonds. The standard InChI is InChI=1S/C25H14BrCl2N3O4/c1-13(32)34-23-18(26)8-14(9-19(23)28)12-29-31-24(30-20-5-3-2-4-17(20)25(31)33)22-11-15-10-16(27)6-7-21(15)35-22/h2-12H,1H3. The van der Waals surface area contributed by atoms with Gasteiger partial charge in [-0.1, -0.05) is 35.3 Å². The quantitative estimate of drug-likeness (QED) is 0.136. The van der Waals surface area contributed by atoms with Crippen LogP contribution in [-0.2, 0) is 4.79 Å². The Morgan fingerprint density at radius 2 is 1.94 bits per heavy atom. The van der Waals surface area contributed by atoms with Gasteiger partial charge >= 0.3 is 5.97 Å². The Kier molecular flexibility index (Phi) is 6.19. The second-order valence-electron chi connectivity index (χ2n) is 7.51. The molecule has 0 saturated heterocycles. The van der Waals surface area contributed by atoms with Crippen LogP contribution >= 0.6 is 39.1 Å². The van der Waals surface area contributed by atoms with Crippen molar-refractivity contribution in [2.24, 2.45) is 5.10 Å². The van der Waals surface area contributed by atoms with Crippen molar-refractivity contribution in [2.45, 2.75) is 6.92 Å². The monoisotopic (exact) mass is 569 g/mol. The molecule has 2 heterocycles. The van der Waals surface area contributed by atoms with E-state index in [9.17, 15) is 9.59 Å². The van der Waals surface area contributed by atoms with E-state index in [2.05, 4.69) is 26.0 Å². The third-order valence-electron chi connectivity index (χ3n) is 5.04. The van der Waals surface area contributed by atoms with E-state index in [1.54, 1.807) is 60.7 Å². The average molecular weight is 571 g/mol. The third-order valence-corrected chi connectivity index (χ3v) is 6.15. The molecule has 174 valence electrons. The number of benzene rings is 3. The molecule has 0 fully saturated rings. The Balaban J connectivity index is 1.67. The van der Waals surface area contributed by atoms with E-state index in [1.165, 1.54) is 17.8 Å². The Morgan fingerprint density at radius 3 is 2.71 bits per heavy atom. The molecule has 0 aliphatic rings. The molecule has 0 spiro atoms. The van der Waals surface area contributed by atoms with Gasteiger partial charge in [0.15, 0.2) is 11.5 Å². The number of hydrogen-bond acceptors (Lipinski definition) is 6. The van der Waals surface area contributed by atoms with Crippen LogP contribution in [0.25, 0.3) is 33.5 Å². The number of rotatable bonds is 4. The zero-order valence-corrected chi connectivity index (χ0v) is 21.1. The van der Waals surface area contributed by atoms with E-state index in [0.29, 0.717) is 37.3 Å². The summed E-state index contributed by atoms with van der Waals surface area (Å²) in [4.78, 5) is 29.3. The molecule has 0 aliphatic heterocycles. The average Bonchev–Trinajstić information content (AvgIpc) is 3.23. The number of aromatic nitrogens is 2. The molecule has 5 rings (SSSR count). The van der Waals surface area contributed by atoms with Gasteiger partial charge in [0.25, 0.3) is 5.56 Å². The topological polar surface area (TPSA) is 86.7 Å². The molecular formula is C25H14BrCl2N3O4. The van der Waals surface area contributed by atoms with Crippen molar-refractivity contribution in [3.63, 3.8) is 0 Å². The van der Waals surface area contributed by atoms with Crippen LogP contribution < -0.4 is 10.3 Å². The van der Waals surface area contributed by atoms with Crippen LogP contribution in [0.2, 0.25) is 10.0 Å². The number of halogens is 3. The number of hydrogen-bond donors (Lipinski definition) is 0. The second kappa shape index (κ2) is 9.30. The molecule has 35 heavy (non-hydrogen) atoms. The van der Waals surface area contributed by atoms with Crippen molar-refractivity contribution in [3.8, 4) is 17.3 Å². The van der Waals surface area contributed by atoms with Crippen LogP contribution in [0.5, 0.6) is 5.75 Å². The van der Waals surface area contributed by atoms with Gasteiger partial charge in [-0.15, -0.1) is 0 Å².